The Bertz CT molecular complexity index is 722. The summed E-state index contributed by atoms with van der Waals surface area (Å²) in [4.78, 5) is 14.4. The highest BCUT2D eigenvalue weighted by molar-refractivity contribution is 5.92. The molecule has 6 nitrogen and oxygen atoms in total. The Hall–Kier alpha value is -2.50. The van der Waals surface area contributed by atoms with E-state index in [0.29, 0.717) is 18.2 Å². The minimum absolute atomic E-state index is 0.0249. The van der Waals surface area contributed by atoms with Gasteiger partial charge >= 0.3 is 0 Å². The predicted molar refractivity (Wildman–Crippen MR) is 95.1 cm³/mol. The van der Waals surface area contributed by atoms with Crippen LogP contribution in [0.4, 0.5) is 0 Å². The smallest absolute Gasteiger partial charge is 0.274 e. The standard InChI is InChI=1S/C19H25N3O3/c1-14-12-16(20-21(14)2)19(23)22-10-8-15(13-22)9-11-25-18-7-5-4-6-17(18)24-3/h4-7,12,15H,8-11,13H2,1-3H3. The van der Waals surface area contributed by atoms with E-state index in [1.54, 1.807) is 11.8 Å². The van der Waals surface area contributed by atoms with Crippen LogP contribution < -0.4 is 9.47 Å². The van der Waals surface area contributed by atoms with Gasteiger partial charge in [0, 0.05) is 25.8 Å². The molecule has 0 saturated carbocycles. The Labute approximate surface area is 148 Å². The van der Waals surface area contributed by atoms with E-state index in [0.717, 1.165) is 43.1 Å². The minimum atomic E-state index is 0.0249. The first kappa shape index (κ1) is 17.3. The van der Waals surface area contributed by atoms with Crippen molar-refractivity contribution in [2.75, 3.05) is 26.8 Å². The molecule has 0 spiro atoms. The predicted octanol–water partition coefficient (Wildman–Crippen LogP) is 2.67. The molecule has 0 N–H and O–H groups in total. The van der Waals surface area contributed by atoms with Crippen LogP contribution in [0.1, 0.15) is 29.0 Å². The molecule has 2 aromatic rings. The van der Waals surface area contributed by atoms with Gasteiger partial charge in [-0.15, -0.1) is 0 Å². The monoisotopic (exact) mass is 343 g/mol. The van der Waals surface area contributed by atoms with Crippen molar-refractivity contribution in [1.29, 1.82) is 0 Å². The zero-order chi connectivity index (χ0) is 17.8. The average Bonchev–Trinajstić information content (AvgIpc) is 3.22. The summed E-state index contributed by atoms with van der Waals surface area (Å²) < 4.78 is 12.9. The molecule has 1 aromatic heterocycles. The maximum absolute atomic E-state index is 12.5. The maximum atomic E-state index is 12.5. The number of nitrogens with zero attached hydrogens (tertiary/aromatic N) is 3. The molecule has 0 bridgehead atoms. The van der Waals surface area contributed by atoms with Crippen LogP contribution in [-0.4, -0.2) is 47.4 Å². The molecule has 3 rings (SSSR count). The third-order valence-electron chi connectivity index (χ3n) is 4.76. The SMILES string of the molecule is COc1ccccc1OCCC1CCN(C(=O)c2cc(C)n(C)n2)C1. The Morgan fingerprint density at radius 3 is 2.76 bits per heavy atom. The van der Waals surface area contributed by atoms with E-state index < -0.39 is 0 Å². The number of aryl methyl sites for hydroxylation is 2. The van der Waals surface area contributed by atoms with Crippen LogP contribution in [0.3, 0.4) is 0 Å². The Kier molecular flexibility index (Phi) is 5.26. The van der Waals surface area contributed by atoms with Crippen LogP contribution in [0.25, 0.3) is 0 Å². The number of carbonyl (C=O) groups excluding carboxylic acids is 1. The number of amides is 1. The third kappa shape index (κ3) is 3.95. The Morgan fingerprint density at radius 1 is 1.32 bits per heavy atom. The van der Waals surface area contributed by atoms with Crippen molar-refractivity contribution in [3.63, 3.8) is 0 Å². The molecule has 1 fully saturated rings. The molecule has 0 aliphatic carbocycles. The van der Waals surface area contributed by atoms with Gasteiger partial charge in [-0.3, -0.25) is 9.48 Å². The molecule has 1 aliphatic heterocycles. The summed E-state index contributed by atoms with van der Waals surface area (Å²) in [5.74, 6) is 2.00. The van der Waals surface area contributed by atoms with Gasteiger partial charge in [0.15, 0.2) is 17.2 Å². The number of para-hydroxylation sites is 2. The van der Waals surface area contributed by atoms with E-state index in [9.17, 15) is 4.79 Å². The number of ether oxygens (including phenoxy) is 2. The lowest BCUT2D eigenvalue weighted by atomic mass is 10.1. The summed E-state index contributed by atoms with van der Waals surface area (Å²) >= 11 is 0. The maximum Gasteiger partial charge on any atom is 0.274 e. The van der Waals surface area contributed by atoms with Crippen molar-refractivity contribution in [1.82, 2.24) is 14.7 Å². The van der Waals surface area contributed by atoms with Crippen LogP contribution in [0.5, 0.6) is 11.5 Å². The molecule has 2 heterocycles. The molecule has 1 aromatic carbocycles. The molecule has 0 radical (unpaired) electrons. The molecule has 6 heteroatoms. The lowest BCUT2D eigenvalue weighted by Gasteiger charge is -2.16. The summed E-state index contributed by atoms with van der Waals surface area (Å²) in [5, 5.41) is 4.29. The number of rotatable bonds is 6. The fourth-order valence-electron chi connectivity index (χ4n) is 3.15. The van der Waals surface area contributed by atoms with E-state index >= 15 is 0 Å². The highest BCUT2D eigenvalue weighted by Crippen LogP contribution is 2.27. The highest BCUT2D eigenvalue weighted by atomic mass is 16.5. The number of aromatic nitrogens is 2. The van der Waals surface area contributed by atoms with E-state index in [1.807, 2.05) is 49.2 Å². The van der Waals surface area contributed by atoms with Crippen LogP contribution in [-0.2, 0) is 7.05 Å². The molecular formula is C19H25N3O3. The van der Waals surface area contributed by atoms with Gasteiger partial charge in [-0.05, 0) is 43.9 Å². The quantitative estimate of drug-likeness (QED) is 0.809. The second-order valence-electron chi connectivity index (χ2n) is 6.49. The average molecular weight is 343 g/mol. The van der Waals surface area contributed by atoms with Gasteiger partial charge in [0.2, 0.25) is 0 Å². The molecule has 1 amide bonds. The zero-order valence-electron chi connectivity index (χ0n) is 15.1. The van der Waals surface area contributed by atoms with Crippen molar-refractivity contribution in [2.24, 2.45) is 13.0 Å². The molecule has 134 valence electrons. The van der Waals surface area contributed by atoms with Gasteiger partial charge in [0.05, 0.1) is 13.7 Å². The number of carbonyl (C=O) groups is 1. The van der Waals surface area contributed by atoms with Gasteiger partial charge in [-0.25, -0.2) is 0 Å². The largest absolute Gasteiger partial charge is 0.493 e. The van der Waals surface area contributed by atoms with E-state index in [4.69, 9.17) is 9.47 Å². The number of benzene rings is 1. The van der Waals surface area contributed by atoms with E-state index in [1.165, 1.54) is 0 Å². The Morgan fingerprint density at radius 2 is 2.08 bits per heavy atom. The van der Waals surface area contributed by atoms with Gasteiger partial charge in [0.25, 0.3) is 5.91 Å². The van der Waals surface area contributed by atoms with E-state index in [2.05, 4.69) is 5.10 Å². The normalized spacial score (nSPS) is 16.9. The number of likely N-dealkylation sites (tertiary alicyclic amines) is 1. The molecule has 1 atom stereocenters. The lowest BCUT2D eigenvalue weighted by molar-refractivity contribution is 0.0778. The first-order valence-corrected chi connectivity index (χ1v) is 8.64. The fraction of sp³-hybridized carbons (Fsp3) is 0.474. The van der Waals surface area contributed by atoms with E-state index in [-0.39, 0.29) is 5.91 Å². The third-order valence-corrected chi connectivity index (χ3v) is 4.76. The van der Waals surface area contributed by atoms with Gasteiger partial charge in [-0.2, -0.15) is 5.10 Å². The van der Waals surface area contributed by atoms with Crippen molar-refractivity contribution in [2.45, 2.75) is 19.8 Å². The topological polar surface area (TPSA) is 56.6 Å². The summed E-state index contributed by atoms with van der Waals surface area (Å²) in [7, 11) is 3.50. The molecule has 1 saturated heterocycles. The van der Waals surface area contributed by atoms with Crippen LogP contribution in [0, 0.1) is 12.8 Å². The zero-order valence-corrected chi connectivity index (χ0v) is 15.1. The van der Waals surface area contributed by atoms with Gasteiger partial charge < -0.3 is 14.4 Å². The van der Waals surface area contributed by atoms with Crippen LogP contribution in [0.15, 0.2) is 30.3 Å². The second kappa shape index (κ2) is 7.59. The summed E-state index contributed by atoms with van der Waals surface area (Å²) in [6.45, 7) is 4.12. The van der Waals surface area contributed by atoms with Gasteiger partial charge in [-0.1, -0.05) is 12.1 Å². The van der Waals surface area contributed by atoms with Crippen LogP contribution >= 0.6 is 0 Å². The summed E-state index contributed by atoms with van der Waals surface area (Å²) in [6.07, 6.45) is 1.93. The lowest BCUT2D eigenvalue weighted by Crippen LogP contribution is -2.29. The second-order valence-corrected chi connectivity index (χ2v) is 6.49. The number of hydrogen-bond donors (Lipinski definition) is 0. The number of hydrogen-bond acceptors (Lipinski definition) is 4. The first-order chi connectivity index (χ1) is 12.1. The van der Waals surface area contributed by atoms with Crippen molar-refractivity contribution >= 4 is 5.91 Å². The summed E-state index contributed by atoms with van der Waals surface area (Å²) in [6, 6.07) is 9.50. The highest BCUT2D eigenvalue weighted by Gasteiger charge is 2.28. The Balaban J connectivity index is 1.49. The minimum Gasteiger partial charge on any atom is -0.493 e. The first-order valence-electron chi connectivity index (χ1n) is 8.64. The molecule has 1 aliphatic rings. The molecule has 1 unspecified atom stereocenters. The summed E-state index contributed by atoms with van der Waals surface area (Å²) in [5.41, 5.74) is 1.52. The fourth-order valence-corrected chi connectivity index (χ4v) is 3.15. The van der Waals surface area contributed by atoms with Crippen molar-refractivity contribution in [3.8, 4) is 11.5 Å². The molecular weight excluding hydrogens is 318 g/mol. The van der Waals surface area contributed by atoms with Crippen LogP contribution in [0.2, 0.25) is 0 Å². The number of methoxy groups -OCH3 is 1. The van der Waals surface area contributed by atoms with Gasteiger partial charge in [0.1, 0.15) is 0 Å². The van der Waals surface area contributed by atoms with Crippen molar-refractivity contribution < 1.29 is 14.3 Å². The van der Waals surface area contributed by atoms with Crippen molar-refractivity contribution in [3.05, 3.63) is 41.7 Å². The molecule has 25 heavy (non-hydrogen) atoms.